The molecule has 2 heterocycles. The van der Waals surface area contributed by atoms with Crippen LogP contribution in [0.3, 0.4) is 0 Å². The highest BCUT2D eigenvalue weighted by atomic mass is 32.1. The lowest BCUT2D eigenvalue weighted by molar-refractivity contribution is 0.258. The minimum atomic E-state index is 0.206. The lowest BCUT2D eigenvalue weighted by Crippen LogP contribution is -2.54. The monoisotopic (exact) mass is 380 g/mol. The third-order valence-corrected chi connectivity index (χ3v) is 7.00. The molecule has 2 nitrogen and oxygen atoms in total. The van der Waals surface area contributed by atoms with Crippen LogP contribution in [0.25, 0.3) is 0 Å². The predicted octanol–water partition coefficient (Wildman–Crippen LogP) is 5.77. The van der Waals surface area contributed by atoms with Gasteiger partial charge in [-0.3, -0.25) is 0 Å². The van der Waals surface area contributed by atoms with Crippen LogP contribution in [-0.4, -0.2) is 26.2 Å². The van der Waals surface area contributed by atoms with Crippen molar-refractivity contribution >= 4 is 24.0 Å². The van der Waals surface area contributed by atoms with Crippen LogP contribution in [0, 0.1) is 5.92 Å². The summed E-state index contributed by atoms with van der Waals surface area (Å²) < 4.78 is 0. The Hall–Kier alpha value is -1.61. The third-order valence-electron chi connectivity index (χ3n) is 6.70. The fourth-order valence-electron chi connectivity index (χ4n) is 4.48. The van der Waals surface area contributed by atoms with Crippen molar-refractivity contribution in [3.63, 3.8) is 0 Å². The van der Waals surface area contributed by atoms with Crippen LogP contribution in [0.4, 0.5) is 11.4 Å². The molecular weight excluding hydrogens is 348 g/mol. The van der Waals surface area contributed by atoms with Crippen molar-refractivity contribution in [2.45, 2.75) is 49.8 Å². The van der Waals surface area contributed by atoms with Crippen LogP contribution >= 0.6 is 12.6 Å². The van der Waals surface area contributed by atoms with E-state index in [-0.39, 0.29) is 5.41 Å². The maximum Gasteiger partial charge on any atom is 0.0367 e. The van der Waals surface area contributed by atoms with Crippen LogP contribution in [0.2, 0.25) is 0 Å². The fraction of sp³-hybridized carbons (Fsp3) is 0.500. The van der Waals surface area contributed by atoms with Gasteiger partial charge in [-0.2, -0.15) is 0 Å². The van der Waals surface area contributed by atoms with Crippen LogP contribution in [-0.2, 0) is 5.41 Å². The van der Waals surface area contributed by atoms with Crippen molar-refractivity contribution in [2.75, 3.05) is 36.0 Å². The number of benzene rings is 2. The van der Waals surface area contributed by atoms with Crippen molar-refractivity contribution in [1.82, 2.24) is 0 Å². The van der Waals surface area contributed by atoms with E-state index >= 15 is 0 Å². The normalized spacial score (nSPS) is 18.9. The highest BCUT2D eigenvalue weighted by molar-refractivity contribution is 7.80. The van der Waals surface area contributed by atoms with Crippen LogP contribution in [0.5, 0.6) is 0 Å². The Bertz CT molecular complexity index is 737. The molecule has 27 heavy (non-hydrogen) atoms. The van der Waals surface area contributed by atoms with E-state index in [0.717, 1.165) is 18.0 Å². The van der Waals surface area contributed by atoms with E-state index in [1.165, 1.54) is 55.7 Å². The van der Waals surface area contributed by atoms with Gasteiger partial charge in [-0.15, -0.1) is 12.6 Å². The van der Waals surface area contributed by atoms with E-state index in [9.17, 15) is 0 Å². The summed E-state index contributed by atoms with van der Waals surface area (Å²) in [5.74, 6) is 0.692. The van der Waals surface area contributed by atoms with E-state index in [4.69, 9.17) is 0 Å². The zero-order chi connectivity index (χ0) is 18.9. The average molecular weight is 381 g/mol. The van der Waals surface area contributed by atoms with Gasteiger partial charge in [0.15, 0.2) is 0 Å². The smallest absolute Gasteiger partial charge is 0.0367 e. The Morgan fingerprint density at radius 2 is 1.26 bits per heavy atom. The second kappa shape index (κ2) is 7.79. The molecule has 2 saturated heterocycles. The molecule has 0 aliphatic carbocycles. The molecule has 0 radical (unpaired) electrons. The first-order valence-corrected chi connectivity index (χ1v) is 10.9. The summed E-state index contributed by atoms with van der Waals surface area (Å²) in [5.41, 5.74) is 4.39. The topological polar surface area (TPSA) is 6.48 Å². The van der Waals surface area contributed by atoms with Crippen molar-refractivity contribution in [3.05, 3.63) is 54.1 Å². The molecule has 2 aliphatic heterocycles. The lowest BCUT2D eigenvalue weighted by Gasteiger charge is -2.49. The van der Waals surface area contributed by atoms with Crippen molar-refractivity contribution < 1.29 is 0 Å². The maximum absolute atomic E-state index is 4.39. The Kier molecular flexibility index (Phi) is 5.41. The lowest BCUT2D eigenvalue weighted by atomic mass is 9.69. The second-order valence-electron chi connectivity index (χ2n) is 8.79. The van der Waals surface area contributed by atoms with Gasteiger partial charge < -0.3 is 9.80 Å². The number of nitrogens with zero attached hydrogens (tertiary/aromatic N) is 2. The number of hydrogen-bond donors (Lipinski definition) is 1. The van der Waals surface area contributed by atoms with E-state index in [0.29, 0.717) is 5.92 Å². The van der Waals surface area contributed by atoms with Gasteiger partial charge in [-0.25, -0.2) is 0 Å². The highest BCUT2D eigenvalue weighted by Crippen LogP contribution is 2.40. The second-order valence-corrected chi connectivity index (χ2v) is 9.30. The molecule has 144 valence electrons. The maximum atomic E-state index is 4.39. The molecule has 4 rings (SSSR count). The van der Waals surface area contributed by atoms with Gasteiger partial charge in [0.05, 0.1) is 0 Å². The first-order chi connectivity index (χ1) is 13.0. The van der Waals surface area contributed by atoms with Crippen LogP contribution in [0.1, 0.15) is 45.1 Å². The quantitative estimate of drug-likeness (QED) is 0.673. The summed E-state index contributed by atoms with van der Waals surface area (Å²) in [6.07, 6.45) is 5.44. The van der Waals surface area contributed by atoms with Gasteiger partial charge in [0.2, 0.25) is 0 Å². The van der Waals surface area contributed by atoms with Crippen molar-refractivity contribution in [1.29, 1.82) is 0 Å². The van der Waals surface area contributed by atoms with Gasteiger partial charge in [0.1, 0.15) is 0 Å². The molecule has 0 amide bonds. The standard InChI is InChI=1S/C24H32N2S/c1-24(2,20-17-26(18-20)22-11-13-23(27)14-12-22)19-7-9-21(10-8-19)25-15-5-3-4-6-16-25/h7-14,20,27H,3-6,15-18H2,1-2H3. The molecule has 0 bridgehead atoms. The van der Waals surface area contributed by atoms with Gasteiger partial charge in [-0.1, -0.05) is 38.8 Å². The molecule has 0 saturated carbocycles. The Morgan fingerprint density at radius 3 is 1.85 bits per heavy atom. The largest absolute Gasteiger partial charge is 0.372 e. The molecule has 0 atom stereocenters. The third kappa shape index (κ3) is 3.99. The summed E-state index contributed by atoms with van der Waals surface area (Å²) in [5, 5.41) is 0. The molecular formula is C24H32N2S. The highest BCUT2D eigenvalue weighted by Gasteiger charge is 2.39. The first-order valence-electron chi connectivity index (χ1n) is 10.4. The SMILES string of the molecule is CC(C)(c1ccc(N2CCCCCC2)cc1)C1CN(c2ccc(S)cc2)C1. The predicted molar refractivity (Wildman–Crippen MR) is 120 cm³/mol. The zero-order valence-electron chi connectivity index (χ0n) is 16.7. The van der Waals surface area contributed by atoms with Gasteiger partial charge in [0, 0.05) is 48.4 Å². The molecule has 0 N–H and O–H groups in total. The molecule has 0 aromatic heterocycles. The van der Waals surface area contributed by atoms with Crippen molar-refractivity contribution in [3.8, 4) is 0 Å². The molecule has 3 heteroatoms. The summed E-state index contributed by atoms with van der Waals surface area (Å²) in [4.78, 5) is 6.08. The van der Waals surface area contributed by atoms with E-state index < -0.39 is 0 Å². The van der Waals surface area contributed by atoms with Crippen molar-refractivity contribution in [2.24, 2.45) is 5.92 Å². The summed E-state index contributed by atoms with van der Waals surface area (Å²) in [6.45, 7) is 9.51. The number of anilines is 2. The van der Waals surface area contributed by atoms with E-state index in [1.54, 1.807) is 0 Å². The Labute approximate surface area is 170 Å². The van der Waals surface area contributed by atoms with Crippen LogP contribution < -0.4 is 9.80 Å². The average Bonchev–Trinajstić information content (AvgIpc) is 2.91. The molecule has 0 unspecified atom stereocenters. The molecule has 0 spiro atoms. The minimum Gasteiger partial charge on any atom is -0.372 e. The molecule has 2 aromatic rings. The Morgan fingerprint density at radius 1 is 0.741 bits per heavy atom. The first kappa shape index (κ1) is 18.7. The zero-order valence-corrected chi connectivity index (χ0v) is 17.6. The summed E-state index contributed by atoms with van der Waals surface area (Å²) in [6, 6.07) is 18.0. The molecule has 2 aromatic carbocycles. The van der Waals surface area contributed by atoms with E-state index in [2.05, 4.69) is 84.8 Å². The van der Waals surface area contributed by atoms with E-state index in [1.807, 2.05) is 0 Å². The summed E-state index contributed by atoms with van der Waals surface area (Å²) >= 11 is 4.39. The number of rotatable bonds is 4. The van der Waals surface area contributed by atoms with Gasteiger partial charge in [-0.05, 0) is 60.2 Å². The minimum absolute atomic E-state index is 0.206. The van der Waals surface area contributed by atoms with Gasteiger partial charge in [0.25, 0.3) is 0 Å². The molecule has 2 fully saturated rings. The number of thiol groups is 1. The Balaban J connectivity index is 1.41. The fourth-order valence-corrected chi connectivity index (χ4v) is 4.62. The molecule has 2 aliphatic rings. The number of hydrogen-bond acceptors (Lipinski definition) is 3. The van der Waals surface area contributed by atoms with Crippen LogP contribution in [0.15, 0.2) is 53.4 Å². The summed E-state index contributed by atoms with van der Waals surface area (Å²) in [7, 11) is 0. The van der Waals surface area contributed by atoms with Gasteiger partial charge >= 0.3 is 0 Å².